The van der Waals surface area contributed by atoms with Crippen LogP contribution in [0.2, 0.25) is 0 Å². The molecule has 1 aromatic carbocycles. The summed E-state index contributed by atoms with van der Waals surface area (Å²) in [6, 6.07) is 2.63. The first-order chi connectivity index (χ1) is 14.9. The number of aryl methyl sites for hydroxylation is 1. The Labute approximate surface area is 180 Å². The van der Waals surface area contributed by atoms with Gasteiger partial charge in [-0.25, -0.2) is 18.7 Å². The first kappa shape index (κ1) is 24.2. The fourth-order valence-corrected chi connectivity index (χ4v) is 2.95. The third-order valence-corrected chi connectivity index (χ3v) is 4.54. The van der Waals surface area contributed by atoms with Crippen molar-refractivity contribution in [3.63, 3.8) is 0 Å². The Hall–Kier alpha value is -3.07. The molecule has 3 aromatic rings. The third kappa shape index (κ3) is 5.75. The molecule has 7 nitrogen and oxygen atoms in total. The van der Waals surface area contributed by atoms with Gasteiger partial charge in [0.2, 0.25) is 5.95 Å². The van der Waals surface area contributed by atoms with Gasteiger partial charge in [0, 0.05) is 31.4 Å². The van der Waals surface area contributed by atoms with Gasteiger partial charge in [-0.2, -0.15) is 0 Å². The van der Waals surface area contributed by atoms with Crippen LogP contribution in [0.15, 0.2) is 18.3 Å². The van der Waals surface area contributed by atoms with Gasteiger partial charge in [-0.3, -0.25) is 4.98 Å². The molecule has 0 aliphatic carbocycles. The molecule has 0 saturated carbocycles. The second kappa shape index (κ2) is 11.4. The number of halogens is 2. The Kier molecular flexibility index (Phi) is 8.87. The molecular formula is C22H28F2N4O3. The van der Waals surface area contributed by atoms with Crippen molar-refractivity contribution in [1.29, 1.82) is 0 Å². The number of nitrogens with zero attached hydrogens (tertiary/aromatic N) is 3. The highest BCUT2D eigenvalue weighted by atomic mass is 19.1. The predicted octanol–water partition coefficient (Wildman–Crippen LogP) is 4.70. The van der Waals surface area contributed by atoms with Gasteiger partial charge < -0.3 is 19.9 Å². The molecule has 0 bridgehead atoms. The molecule has 168 valence electrons. The lowest BCUT2D eigenvalue weighted by molar-refractivity contribution is 0.192. The number of anilines is 1. The standard InChI is InChI=1S/C16H14F2N4O2.C6H14O/c1-7-15-8(6-20-16(19)22-15)4-9(21-7)12-13(17)10(23-2)5-11(24-3)14(12)18;1-3-4-5-6-7-2/h4-6H,1-3H3,(H2,19,20,22);3-6H2,1-2H3. The molecule has 0 aliphatic rings. The molecule has 0 atom stereocenters. The minimum absolute atomic E-state index is 0.0839. The molecule has 0 fully saturated rings. The minimum Gasteiger partial charge on any atom is -0.494 e. The molecule has 0 aliphatic heterocycles. The Balaban J connectivity index is 0.000000423. The van der Waals surface area contributed by atoms with Crippen LogP contribution >= 0.6 is 0 Å². The number of hydrogen-bond donors (Lipinski definition) is 1. The van der Waals surface area contributed by atoms with Gasteiger partial charge in [0.25, 0.3) is 0 Å². The molecule has 0 spiro atoms. The van der Waals surface area contributed by atoms with Crippen molar-refractivity contribution >= 4 is 16.9 Å². The SMILES string of the molecule is CCCCCOC.COc1cc(OC)c(F)c(-c2cc3cnc(N)nc3c(C)n2)c1F. The zero-order chi connectivity index (χ0) is 23.0. The molecule has 0 radical (unpaired) electrons. The van der Waals surface area contributed by atoms with Crippen molar-refractivity contribution in [2.24, 2.45) is 0 Å². The lowest BCUT2D eigenvalue weighted by Crippen LogP contribution is -2.02. The number of methoxy groups -OCH3 is 3. The second-order valence-corrected chi connectivity index (χ2v) is 6.74. The summed E-state index contributed by atoms with van der Waals surface area (Å²) in [6.07, 6.45) is 5.27. The summed E-state index contributed by atoms with van der Waals surface area (Å²) in [7, 11) is 4.32. The highest BCUT2D eigenvalue weighted by molar-refractivity contribution is 5.85. The summed E-state index contributed by atoms with van der Waals surface area (Å²) in [5.74, 6) is -1.91. The van der Waals surface area contributed by atoms with Crippen LogP contribution in [0.4, 0.5) is 14.7 Å². The number of benzene rings is 1. The highest BCUT2D eigenvalue weighted by Crippen LogP contribution is 2.37. The Bertz CT molecular complexity index is 999. The third-order valence-electron chi connectivity index (χ3n) is 4.54. The number of nitrogens with two attached hydrogens (primary N) is 1. The number of aromatic nitrogens is 3. The molecule has 0 unspecified atom stereocenters. The van der Waals surface area contributed by atoms with Crippen molar-refractivity contribution in [3.05, 3.63) is 35.7 Å². The minimum atomic E-state index is -0.863. The molecule has 0 saturated heterocycles. The highest BCUT2D eigenvalue weighted by Gasteiger charge is 2.23. The van der Waals surface area contributed by atoms with Crippen LogP contribution in [0.1, 0.15) is 31.9 Å². The Morgan fingerprint density at radius 3 is 2.16 bits per heavy atom. The van der Waals surface area contributed by atoms with E-state index in [1.54, 1.807) is 14.0 Å². The van der Waals surface area contributed by atoms with E-state index in [1.165, 1.54) is 45.7 Å². The molecule has 3 rings (SSSR count). The first-order valence-corrected chi connectivity index (χ1v) is 9.87. The summed E-state index contributed by atoms with van der Waals surface area (Å²) in [5.41, 5.74) is 6.29. The van der Waals surface area contributed by atoms with Crippen LogP contribution in [-0.2, 0) is 4.74 Å². The van der Waals surface area contributed by atoms with Gasteiger partial charge in [-0.05, 0) is 19.4 Å². The van der Waals surface area contributed by atoms with Gasteiger partial charge >= 0.3 is 0 Å². The van der Waals surface area contributed by atoms with Gasteiger partial charge in [0.1, 0.15) is 0 Å². The lowest BCUT2D eigenvalue weighted by atomic mass is 10.1. The summed E-state index contributed by atoms with van der Waals surface area (Å²) >= 11 is 0. The summed E-state index contributed by atoms with van der Waals surface area (Å²) < 4.78 is 44.0. The van der Waals surface area contributed by atoms with E-state index in [-0.39, 0.29) is 28.7 Å². The van der Waals surface area contributed by atoms with E-state index >= 15 is 0 Å². The summed E-state index contributed by atoms with van der Waals surface area (Å²) in [5, 5.41) is 0.562. The molecule has 9 heteroatoms. The first-order valence-electron chi connectivity index (χ1n) is 9.87. The van der Waals surface area contributed by atoms with Gasteiger partial charge in [-0.15, -0.1) is 0 Å². The van der Waals surface area contributed by atoms with E-state index in [0.29, 0.717) is 16.6 Å². The Morgan fingerprint density at radius 2 is 1.61 bits per heavy atom. The van der Waals surface area contributed by atoms with Crippen LogP contribution in [0.5, 0.6) is 11.5 Å². The van der Waals surface area contributed by atoms with Crippen molar-refractivity contribution in [1.82, 2.24) is 15.0 Å². The van der Waals surface area contributed by atoms with Crippen LogP contribution in [0.3, 0.4) is 0 Å². The molecular weight excluding hydrogens is 406 g/mol. The fourth-order valence-electron chi connectivity index (χ4n) is 2.95. The molecule has 2 N–H and O–H groups in total. The normalized spacial score (nSPS) is 10.5. The molecule has 0 amide bonds. The maximum Gasteiger partial charge on any atom is 0.220 e. The topological polar surface area (TPSA) is 92.4 Å². The number of ether oxygens (including phenoxy) is 3. The van der Waals surface area contributed by atoms with Gasteiger partial charge in [-0.1, -0.05) is 19.8 Å². The van der Waals surface area contributed by atoms with Crippen LogP contribution in [-0.4, -0.2) is 42.9 Å². The molecule has 31 heavy (non-hydrogen) atoms. The zero-order valence-corrected chi connectivity index (χ0v) is 18.5. The van der Waals surface area contributed by atoms with Crippen LogP contribution in [0, 0.1) is 18.6 Å². The van der Waals surface area contributed by atoms with Crippen LogP contribution < -0.4 is 15.2 Å². The number of fused-ring (bicyclic) bond motifs is 1. The molecule has 2 aromatic heterocycles. The predicted molar refractivity (Wildman–Crippen MR) is 116 cm³/mol. The largest absolute Gasteiger partial charge is 0.494 e. The van der Waals surface area contributed by atoms with E-state index in [9.17, 15) is 8.78 Å². The second-order valence-electron chi connectivity index (χ2n) is 6.74. The lowest BCUT2D eigenvalue weighted by Gasteiger charge is -2.13. The van der Waals surface area contributed by atoms with Crippen molar-refractivity contribution in [2.75, 3.05) is 33.7 Å². The van der Waals surface area contributed by atoms with E-state index in [2.05, 4.69) is 21.9 Å². The fraction of sp³-hybridized carbons (Fsp3) is 0.409. The molecule has 2 heterocycles. The van der Waals surface area contributed by atoms with Crippen molar-refractivity contribution < 1.29 is 23.0 Å². The summed E-state index contributed by atoms with van der Waals surface area (Å²) in [4.78, 5) is 12.2. The average Bonchev–Trinajstić information content (AvgIpc) is 2.75. The van der Waals surface area contributed by atoms with Crippen molar-refractivity contribution in [2.45, 2.75) is 33.1 Å². The van der Waals surface area contributed by atoms with E-state index in [4.69, 9.17) is 19.9 Å². The number of unbranched alkanes of at least 4 members (excludes halogenated alkanes) is 2. The smallest absolute Gasteiger partial charge is 0.220 e. The number of hydrogen-bond acceptors (Lipinski definition) is 7. The van der Waals surface area contributed by atoms with Crippen molar-refractivity contribution in [3.8, 4) is 22.8 Å². The van der Waals surface area contributed by atoms with E-state index in [0.717, 1.165) is 12.7 Å². The van der Waals surface area contributed by atoms with Gasteiger partial charge in [0.15, 0.2) is 23.1 Å². The van der Waals surface area contributed by atoms with E-state index < -0.39 is 11.6 Å². The Morgan fingerprint density at radius 1 is 0.968 bits per heavy atom. The number of rotatable bonds is 7. The van der Waals surface area contributed by atoms with Gasteiger partial charge in [0.05, 0.1) is 36.7 Å². The zero-order valence-electron chi connectivity index (χ0n) is 18.5. The number of nitrogen functional groups attached to an aromatic ring is 1. The van der Waals surface area contributed by atoms with Crippen LogP contribution in [0.25, 0.3) is 22.2 Å². The monoisotopic (exact) mass is 434 g/mol. The quantitative estimate of drug-likeness (QED) is 0.539. The number of pyridine rings is 1. The average molecular weight is 434 g/mol. The summed E-state index contributed by atoms with van der Waals surface area (Å²) in [6.45, 7) is 4.79. The maximum atomic E-state index is 14.6. The maximum absolute atomic E-state index is 14.6. The van der Waals surface area contributed by atoms with E-state index in [1.807, 2.05) is 0 Å².